The molecular weight excluding hydrogens is 507 g/mol. The predicted molar refractivity (Wildman–Crippen MR) is 85.2 cm³/mol. The molecule has 0 aliphatic heterocycles. The highest BCUT2D eigenvalue weighted by Gasteiger charge is 2.37. The zero-order chi connectivity index (χ0) is 16.4. The Morgan fingerprint density at radius 2 is 1.76 bits per heavy atom. The second kappa shape index (κ2) is 7.29. The molecule has 0 aliphatic rings. The van der Waals surface area contributed by atoms with Crippen molar-refractivity contribution in [2.45, 2.75) is 18.0 Å². The van der Waals surface area contributed by atoms with Gasteiger partial charge >= 0.3 is 6.18 Å². The molecule has 0 unspecified atom stereocenters. The molecule has 0 saturated heterocycles. The Labute approximate surface area is 146 Å². The van der Waals surface area contributed by atoms with E-state index >= 15 is 0 Å². The number of halogens is 6. The van der Waals surface area contributed by atoms with E-state index in [9.17, 15) is 21.6 Å². The Balaban J connectivity index is 3.32. The Morgan fingerprint density at radius 1 is 1.19 bits per heavy atom. The van der Waals surface area contributed by atoms with Gasteiger partial charge in [0.25, 0.3) is 0 Å². The zero-order valence-electron chi connectivity index (χ0n) is 10.7. The van der Waals surface area contributed by atoms with Gasteiger partial charge in [0.1, 0.15) is 6.54 Å². The third kappa shape index (κ3) is 5.19. The molecule has 3 nitrogen and oxygen atoms in total. The zero-order valence-corrected chi connectivity index (χ0v) is 16.3. The van der Waals surface area contributed by atoms with E-state index in [1.165, 1.54) is 12.1 Å². The Bertz CT molecular complexity index is 620. The highest BCUT2D eigenvalue weighted by Crippen LogP contribution is 2.32. The maximum atomic E-state index is 12.6. The highest BCUT2D eigenvalue weighted by atomic mass is 79.9. The highest BCUT2D eigenvalue weighted by molar-refractivity contribution is 9.11. The molecule has 0 aliphatic carbocycles. The lowest BCUT2D eigenvalue weighted by Gasteiger charge is -2.23. The molecule has 1 rings (SSSR count). The number of nitrogens with zero attached hydrogens (tertiary/aromatic N) is 1. The topological polar surface area (TPSA) is 37.4 Å². The van der Waals surface area contributed by atoms with Crippen molar-refractivity contribution in [3.63, 3.8) is 0 Å². The van der Waals surface area contributed by atoms with Crippen molar-refractivity contribution in [1.29, 1.82) is 0 Å². The van der Waals surface area contributed by atoms with Crippen molar-refractivity contribution in [3.05, 3.63) is 26.6 Å². The summed E-state index contributed by atoms with van der Waals surface area (Å²) >= 11 is 9.26. The number of rotatable bonds is 5. The summed E-state index contributed by atoms with van der Waals surface area (Å²) in [5, 5.41) is 0.104. The molecule has 1 aromatic carbocycles. The van der Waals surface area contributed by atoms with Crippen LogP contribution in [0.25, 0.3) is 0 Å². The van der Waals surface area contributed by atoms with Crippen LogP contribution in [0, 0.1) is 6.92 Å². The summed E-state index contributed by atoms with van der Waals surface area (Å²) in [5.41, 5.74) is 0.767. The van der Waals surface area contributed by atoms with Gasteiger partial charge in [-0.25, -0.2) is 8.42 Å². The molecule has 10 heteroatoms. The van der Waals surface area contributed by atoms with E-state index in [0.717, 1.165) is 5.56 Å². The quantitative estimate of drug-likeness (QED) is 0.541. The lowest BCUT2D eigenvalue weighted by Crippen LogP contribution is -2.40. The van der Waals surface area contributed by atoms with Crippen LogP contribution >= 0.6 is 47.8 Å². The van der Waals surface area contributed by atoms with Gasteiger partial charge in [-0.05, 0) is 40.5 Å². The molecule has 0 heterocycles. The van der Waals surface area contributed by atoms with Crippen LogP contribution in [0.5, 0.6) is 0 Å². The normalized spacial score (nSPS) is 13.0. The fourth-order valence-corrected chi connectivity index (χ4v) is 5.27. The maximum absolute atomic E-state index is 12.6. The van der Waals surface area contributed by atoms with Crippen LogP contribution in [-0.2, 0) is 10.0 Å². The van der Waals surface area contributed by atoms with Crippen LogP contribution in [0.3, 0.4) is 0 Å². The summed E-state index contributed by atoms with van der Waals surface area (Å²) in [6.45, 7) is -0.0597. The van der Waals surface area contributed by atoms with E-state index in [1.54, 1.807) is 6.92 Å². The summed E-state index contributed by atoms with van der Waals surface area (Å²) in [6.07, 6.45) is -4.61. The minimum atomic E-state index is -4.61. The first-order chi connectivity index (χ1) is 9.49. The van der Waals surface area contributed by atoms with E-state index in [1.807, 2.05) is 0 Å². The monoisotopic (exact) mass is 515 g/mol. The first-order valence-electron chi connectivity index (χ1n) is 5.57. The third-order valence-electron chi connectivity index (χ3n) is 2.52. The van der Waals surface area contributed by atoms with Crippen LogP contribution in [0.1, 0.15) is 5.56 Å². The maximum Gasteiger partial charge on any atom is 0.402 e. The lowest BCUT2D eigenvalue weighted by atomic mass is 10.2. The van der Waals surface area contributed by atoms with Gasteiger partial charge < -0.3 is 0 Å². The molecule has 0 fully saturated rings. The minimum Gasteiger partial charge on any atom is -0.207 e. The van der Waals surface area contributed by atoms with Crippen molar-refractivity contribution in [2.75, 3.05) is 18.4 Å². The van der Waals surface area contributed by atoms with Gasteiger partial charge in [-0.15, -0.1) is 0 Å². The second-order valence-corrected chi connectivity index (χ2v) is 8.58. The SMILES string of the molecule is Cc1cc(Br)c(S(=O)(=O)N(CCBr)CC(F)(F)F)cc1Br. The molecule has 21 heavy (non-hydrogen) atoms. The van der Waals surface area contributed by atoms with Crippen molar-refractivity contribution < 1.29 is 21.6 Å². The fourth-order valence-electron chi connectivity index (χ4n) is 1.54. The van der Waals surface area contributed by atoms with Gasteiger partial charge in [0.2, 0.25) is 10.0 Å². The van der Waals surface area contributed by atoms with E-state index in [4.69, 9.17) is 0 Å². The van der Waals surface area contributed by atoms with Crippen LogP contribution in [0.4, 0.5) is 13.2 Å². The molecule has 0 bridgehead atoms. The summed E-state index contributed by atoms with van der Waals surface area (Å²) in [5.74, 6) is 0. The van der Waals surface area contributed by atoms with Crippen LogP contribution in [0.2, 0.25) is 0 Å². The smallest absolute Gasteiger partial charge is 0.207 e. The van der Waals surface area contributed by atoms with Gasteiger partial charge in [-0.3, -0.25) is 0 Å². The van der Waals surface area contributed by atoms with Crippen molar-refractivity contribution in [3.8, 4) is 0 Å². The molecule has 0 radical (unpaired) electrons. The molecule has 0 aromatic heterocycles. The average molecular weight is 518 g/mol. The summed E-state index contributed by atoms with van der Waals surface area (Å²) < 4.78 is 63.7. The Kier molecular flexibility index (Phi) is 6.73. The van der Waals surface area contributed by atoms with Crippen LogP contribution in [0.15, 0.2) is 26.0 Å². The number of aryl methyl sites for hydroxylation is 1. The first kappa shape index (κ1) is 19.4. The van der Waals surface area contributed by atoms with E-state index < -0.39 is 22.7 Å². The van der Waals surface area contributed by atoms with Gasteiger partial charge in [0.15, 0.2) is 0 Å². The number of benzene rings is 1. The third-order valence-corrected chi connectivity index (χ3v) is 6.53. The van der Waals surface area contributed by atoms with Crippen molar-refractivity contribution in [1.82, 2.24) is 4.31 Å². The molecular formula is C11H11Br3F3NO2S. The molecule has 1 aromatic rings. The van der Waals surface area contributed by atoms with E-state index in [2.05, 4.69) is 47.8 Å². The lowest BCUT2D eigenvalue weighted by molar-refractivity contribution is -0.135. The molecule has 0 N–H and O–H groups in total. The van der Waals surface area contributed by atoms with Gasteiger partial charge in [0, 0.05) is 20.8 Å². The van der Waals surface area contributed by atoms with Crippen LogP contribution < -0.4 is 0 Å². The number of sulfonamides is 1. The number of alkyl halides is 4. The Morgan fingerprint density at radius 3 is 2.24 bits per heavy atom. The number of hydrogen-bond donors (Lipinski definition) is 0. The van der Waals surface area contributed by atoms with Gasteiger partial charge in [0.05, 0.1) is 4.90 Å². The molecule has 0 atom stereocenters. The second-order valence-electron chi connectivity index (χ2n) is 4.17. The van der Waals surface area contributed by atoms with Gasteiger partial charge in [-0.1, -0.05) is 31.9 Å². The van der Waals surface area contributed by atoms with Gasteiger partial charge in [-0.2, -0.15) is 17.5 Å². The summed E-state index contributed by atoms with van der Waals surface area (Å²) in [7, 11) is -4.26. The predicted octanol–water partition coefficient (Wildman–Crippen LogP) is 4.47. The van der Waals surface area contributed by atoms with E-state index in [-0.39, 0.29) is 21.2 Å². The molecule has 0 saturated carbocycles. The van der Waals surface area contributed by atoms with Crippen LogP contribution in [-0.4, -0.2) is 37.3 Å². The minimum absolute atomic E-state index is 0.104. The van der Waals surface area contributed by atoms with Crippen molar-refractivity contribution in [2.24, 2.45) is 0 Å². The first-order valence-corrected chi connectivity index (χ1v) is 9.72. The summed E-state index contributed by atoms with van der Waals surface area (Å²) in [4.78, 5) is -0.204. The standard InChI is InChI=1S/C11H11Br3F3NO2S/c1-7-4-9(14)10(5-8(7)13)21(19,20)18(3-2-12)6-11(15,16)17/h4-5H,2-3,6H2,1H3. The largest absolute Gasteiger partial charge is 0.402 e. The number of hydrogen-bond acceptors (Lipinski definition) is 2. The average Bonchev–Trinajstić information content (AvgIpc) is 2.31. The Hall–Kier alpha value is 0.360. The molecule has 0 amide bonds. The van der Waals surface area contributed by atoms with E-state index in [0.29, 0.717) is 8.78 Å². The fraction of sp³-hybridized carbons (Fsp3) is 0.455. The summed E-state index contributed by atoms with van der Waals surface area (Å²) in [6, 6.07) is 2.84. The molecule has 120 valence electrons. The molecule has 0 spiro atoms. The van der Waals surface area contributed by atoms with Crippen molar-refractivity contribution >= 4 is 57.8 Å².